The van der Waals surface area contributed by atoms with E-state index in [9.17, 15) is 9.46 Å². The summed E-state index contributed by atoms with van der Waals surface area (Å²) in [7, 11) is -2.19. The van der Waals surface area contributed by atoms with E-state index in [4.69, 9.17) is 14.8 Å². The van der Waals surface area contributed by atoms with Crippen molar-refractivity contribution in [1.82, 2.24) is 5.20 Å². The van der Waals surface area contributed by atoms with Gasteiger partial charge in [0.05, 0.1) is 12.7 Å². The van der Waals surface area contributed by atoms with E-state index in [2.05, 4.69) is 16.7 Å². The van der Waals surface area contributed by atoms with Gasteiger partial charge in [-0.3, -0.25) is 9.42 Å². The average molecular weight is 260 g/mol. The van der Waals surface area contributed by atoms with Gasteiger partial charge < -0.3 is 4.74 Å². The van der Waals surface area contributed by atoms with Crippen molar-refractivity contribution in [3.05, 3.63) is 23.1 Å². The van der Waals surface area contributed by atoms with Gasteiger partial charge in [-0.15, -0.1) is 12.1 Å². The molecule has 1 aliphatic rings. The van der Waals surface area contributed by atoms with Crippen LogP contribution in [-0.4, -0.2) is 31.5 Å². The smallest absolute Gasteiger partial charge is 0.381 e. The van der Waals surface area contributed by atoms with E-state index in [1.807, 2.05) is 7.85 Å². The van der Waals surface area contributed by atoms with Crippen molar-refractivity contribution in [1.29, 1.82) is 0 Å². The quantitative estimate of drug-likeness (QED) is 0.137. The van der Waals surface area contributed by atoms with Gasteiger partial charge in [-0.25, -0.2) is 4.57 Å². The second-order valence-corrected chi connectivity index (χ2v) is 5.23. The van der Waals surface area contributed by atoms with Gasteiger partial charge in [0.15, 0.2) is 0 Å². The molecule has 1 aliphatic heterocycles. The van der Waals surface area contributed by atoms with Crippen LogP contribution < -0.4 is 5.20 Å². The third kappa shape index (κ3) is 4.42. The van der Waals surface area contributed by atoms with Gasteiger partial charge in [0.2, 0.25) is 0 Å². The van der Waals surface area contributed by atoms with Gasteiger partial charge in [0.25, 0.3) is 0 Å². The summed E-state index contributed by atoms with van der Waals surface area (Å²) >= 11 is 0. The largest absolute Gasteiger partial charge is 0.521 e. The average Bonchev–Trinajstić information content (AvgIpc) is 2.65. The van der Waals surface area contributed by atoms with Crippen molar-refractivity contribution in [3.8, 4) is 0 Å². The predicted molar refractivity (Wildman–Crippen MR) is 63.6 cm³/mol. The Morgan fingerprint density at radius 1 is 1.88 bits per heavy atom. The molecular weight excluding hydrogens is 246 g/mol. The van der Waals surface area contributed by atoms with Crippen LogP contribution in [0.5, 0.6) is 0 Å². The first-order chi connectivity index (χ1) is 7.98. The first kappa shape index (κ1) is 14.1. The second kappa shape index (κ2) is 6.09. The molecule has 1 saturated heterocycles. The molecule has 4 atom stereocenters. The van der Waals surface area contributed by atoms with Crippen molar-refractivity contribution in [2.45, 2.75) is 18.5 Å². The van der Waals surface area contributed by atoms with Crippen LogP contribution >= 0.6 is 7.75 Å². The molecule has 0 aromatic carbocycles. The van der Waals surface area contributed by atoms with Gasteiger partial charge in [-0.05, 0) is 11.6 Å². The van der Waals surface area contributed by atoms with Crippen LogP contribution in [0.4, 0.5) is 0 Å². The molecule has 1 heterocycles. The molecule has 2 N–H and O–H groups in total. The molecule has 0 saturated carbocycles. The zero-order chi connectivity index (χ0) is 12.9. The minimum absolute atomic E-state index is 0.0646. The van der Waals surface area contributed by atoms with Crippen molar-refractivity contribution in [2.75, 3.05) is 6.61 Å². The summed E-state index contributed by atoms with van der Waals surface area (Å²) < 4.78 is 21.5. The molecule has 0 aliphatic carbocycles. The monoisotopic (exact) mass is 260 g/mol. The maximum atomic E-state index is 11.3. The maximum absolute atomic E-state index is 11.3. The highest BCUT2D eigenvalue weighted by molar-refractivity contribution is 7.50. The highest BCUT2D eigenvalue weighted by Crippen LogP contribution is 2.38. The van der Waals surface area contributed by atoms with E-state index >= 15 is 0 Å². The van der Waals surface area contributed by atoms with E-state index in [0.717, 1.165) is 6.42 Å². The molecular formula is C7H14BN4O4P. The number of hydrogen-bond acceptors (Lipinski definition) is 4. The second-order valence-electron chi connectivity index (χ2n) is 3.73. The Bertz CT molecular complexity index is 375. The molecule has 94 valence electrons. The molecule has 0 spiro atoms. The van der Waals surface area contributed by atoms with Crippen LogP contribution in [0, 0.1) is 5.92 Å². The standard InChI is InChI=1S/C7H14BN4O4P/c1-2-5-3-7(8)16-6(5)4-15-17(13,14)12-11-10-9/h2,5-7H,1,3-4,8H2,(H2,12,13,14)/t5-,6+,7+/m0/s1. The molecule has 8 nitrogen and oxygen atoms in total. The minimum Gasteiger partial charge on any atom is -0.381 e. The highest BCUT2D eigenvalue weighted by Gasteiger charge is 2.34. The van der Waals surface area contributed by atoms with Gasteiger partial charge >= 0.3 is 7.75 Å². The predicted octanol–water partition coefficient (Wildman–Crippen LogP) is 0.469. The Hall–Kier alpha value is -0.975. The number of nitrogens with zero attached hydrogens (tertiary/aromatic N) is 3. The molecule has 0 aromatic heterocycles. The summed E-state index contributed by atoms with van der Waals surface area (Å²) in [5.74, 6) is 0.0875. The summed E-state index contributed by atoms with van der Waals surface area (Å²) in [5, 5.41) is 4.47. The third-order valence-electron chi connectivity index (χ3n) is 2.42. The summed E-state index contributed by atoms with van der Waals surface area (Å²) in [6.45, 7) is 3.61. The number of rotatable bonds is 6. The van der Waals surface area contributed by atoms with E-state index < -0.39 is 7.75 Å². The zero-order valence-electron chi connectivity index (χ0n) is 9.39. The third-order valence-corrected chi connectivity index (χ3v) is 3.26. The lowest BCUT2D eigenvalue weighted by Crippen LogP contribution is -2.22. The lowest BCUT2D eigenvalue weighted by molar-refractivity contribution is 0.0368. The Kier molecular flexibility index (Phi) is 5.05. The molecule has 10 heteroatoms. The first-order valence-electron chi connectivity index (χ1n) is 5.05. The zero-order valence-corrected chi connectivity index (χ0v) is 10.3. The van der Waals surface area contributed by atoms with Gasteiger partial charge in [0.1, 0.15) is 7.85 Å². The van der Waals surface area contributed by atoms with Gasteiger partial charge in [-0.1, -0.05) is 6.08 Å². The van der Waals surface area contributed by atoms with Crippen molar-refractivity contribution < 1.29 is 18.7 Å². The fourth-order valence-electron chi connectivity index (χ4n) is 1.68. The SMILES string of the molecule is B[C@H]1C[C@H](C=C)[C@@H](COP(=O)(O)NN=[N+]=[N-])O1. The van der Waals surface area contributed by atoms with Crippen LogP contribution in [0.3, 0.4) is 0 Å². The number of hydrogen-bond donors (Lipinski definition) is 2. The number of azide groups is 1. The van der Waals surface area contributed by atoms with Crippen LogP contribution in [0.1, 0.15) is 6.42 Å². The molecule has 1 unspecified atom stereocenters. The van der Waals surface area contributed by atoms with E-state index in [-0.39, 0.29) is 24.6 Å². The molecule has 1 fully saturated rings. The molecule has 17 heavy (non-hydrogen) atoms. The Balaban J connectivity index is 2.47. The van der Waals surface area contributed by atoms with Crippen molar-refractivity contribution in [2.24, 2.45) is 11.1 Å². The molecule has 0 amide bonds. The lowest BCUT2D eigenvalue weighted by Gasteiger charge is -2.16. The summed E-state index contributed by atoms with van der Waals surface area (Å²) in [6.07, 6.45) is 2.23. The minimum atomic E-state index is -4.10. The maximum Gasteiger partial charge on any atom is 0.521 e. The first-order valence-corrected chi connectivity index (χ1v) is 6.63. The van der Waals surface area contributed by atoms with E-state index in [1.165, 1.54) is 0 Å². The van der Waals surface area contributed by atoms with Crippen LogP contribution in [-0.2, 0) is 13.8 Å². The Morgan fingerprint density at radius 3 is 3.18 bits per heavy atom. The normalized spacial score (nSPS) is 31.2. The highest BCUT2D eigenvalue weighted by atomic mass is 31.2. The fourth-order valence-corrected chi connectivity index (χ4v) is 2.24. The van der Waals surface area contributed by atoms with E-state index in [1.54, 1.807) is 11.3 Å². The van der Waals surface area contributed by atoms with Gasteiger partial charge in [-0.2, -0.15) is 10.1 Å². The van der Waals surface area contributed by atoms with Crippen LogP contribution in [0.2, 0.25) is 0 Å². The molecule has 0 bridgehead atoms. The van der Waals surface area contributed by atoms with Crippen LogP contribution in [0.25, 0.3) is 10.4 Å². The molecule has 0 aromatic rings. The number of ether oxygens (including phenoxy) is 1. The topological polar surface area (TPSA) is 117 Å². The summed E-state index contributed by atoms with van der Waals surface area (Å²) in [4.78, 5) is 11.5. The Morgan fingerprint density at radius 2 is 2.59 bits per heavy atom. The lowest BCUT2D eigenvalue weighted by atomic mass is 9.91. The van der Waals surface area contributed by atoms with E-state index in [0.29, 0.717) is 0 Å². The molecule has 1 rings (SSSR count). The molecule has 0 radical (unpaired) electrons. The van der Waals surface area contributed by atoms with Crippen molar-refractivity contribution >= 4 is 15.6 Å². The van der Waals surface area contributed by atoms with Crippen LogP contribution in [0.15, 0.2) is 17.9 Å². The summed E-state index contributed by atoms with van der Waals surface area (Å²) in [5.41, 5.74) is 7.99. The van der Waals surface area contributed by atoms with Crippen molar-refractivity contribution in [3.63, 3.8) is 0 Å². The summed E-state index contributed by atoms with van der Waals surface area (Å²) in [6, 6.07) is 0.0646. The number of nitrogens with one attached hydrogen (secondary N) is 1. The Labute approximate surface area is 99.6 Å². The fraction of sp³-hybridized carbons (Fsp3) is 0.714. The van der Waals surface area contributed by atoms with Gasteiger partial charge in [0, 0.05) is 11.9 Å².